The molecule has 6 nitrogen and oxygen atoms in total. The fraction of sp³-hybridized carbons (Fsp3) is 0.581. The minimum atomic E-state index is -1.27. The van der Waals surface area contributed by atoms with Crippen LogP contribution in [-0.2, 0) is 19.1 Å². The van der Waals surface area contributed by atoms with Crippen LogP contribution in [0, 0.1) is 39.9 Å². The molecule has 9 unspecified atom stereocenters. The second kappa shape index (κ2) is 8.60. The first-order chi connectivity index (χ1) is 18.0. The van der Waals surface area contributed by atoms with Gasteiger partial charge < -0.3 is 14.7 Å². The molecule has 1 aliphatic heterocycles. The van der Waals surface area contributed by atoms with E-state index < -0.39 is 34.5 Å². The first-order valence-corrected chi connectivity index (χ1v) is 13.8. The lowest BCUT2D eigenvalue weighted by atomic mass is 9.44. The summed E-state index contributed by atoms with van der Waals surface area (Å²) in [6, 6.07) is 10.0. The molecule has 4 fully saturated rings. The summed E-state index contributed by atoms with van der Waals surface area (Å²) < 4.78 is 21.0. The van der Waals surface area contributed by atoms with Crippen molar-refractivity contribution in [3.05, 3.63) is 54.1 Å². The number of halogens is 1. The SMILES string of the molecule is CC(=O)OCC(=O)C12CN(c3ccccc3)CC1CC1C3CC(F)C4=CC(=O)C=CC4(C)C3C(O)CC12C. The Morgan fingerprint density at radius 1 is 1.18 bits per heavy atom. The number of hydrogen-bond acceptors (Lipinski definition) is 6. The van der Waals surface area contributed by atoms with Crippen LogP contribution in [0.5, 0.6) is 0 Å². The zero-order valence-corrected chi connectivity index (χ0v) is 22.2. The van der Waals surface area contributed by atoms with E-state index >= 15 is 4.39 Å². The van der Waals surface area contributed by atoms with Gasteiger partial charge in [0.2, 0.25) is 0 Å². The van der Waals surface area contributed by atoms with Gasteiger partial charge in [0.05, 0.1) is 11.5 Å². The predicted molar refractivity (Wildman–Crippen MR) is 140 cm³/mol. The number of rotatable bonds is 4. The fourth-order valence-electron chi connectivity index (χ4n) is 9.54. The molecule has 5 aliphatic rings. The van der Waals surface area contributed by atoms with Crippen molar-refractivity contribution in [2.24, 2.45) is 39.9 Å². The third kappa shape index (κ3) is 3.36. The van der Waals surface area contributed by atoms with Gasteiger partial charge in [-0.25, -0.2) is 4.39 Å². The summed E-state index contributed by atoms with van der Waals surface area (Å²) in [5.41, 5.74) is -0.639. The van der Waals surface area contributed by atoms with Crippen molar-refractivity contribution < 1.29 is 28.6 Å². The molecule has 0 radical (unpaired) electrons. The van der Waals surface area contributed by atoms with E-state index in [1.165, 1.54) is 19.1 Å². The molecular formula is C31H36FNO5. The van der Waals surface area contributed by atoms with Crippen LogP contribution in [0.2, 0.25) is 0 Å². The van der Waals surface area contributed by atoms with Gasteiger partial charge in [-0.3, -0.25) is 14.4 Å². The van der Waals surface area contributed by atoms with Gasteiger partial charge in [0.1, 0.15) is 6.17 Å². The first kappa shape index (κ1) is 25.5. The van der Waals surface area contributed by atoms with E-state index in [2.05, 4.69) is 11.8 Å². The molecule has 0 amide bonds. The smallest absolute Gasteiger partial charge is 0.303 e. The Morgan fingerprint density at radius 2 is 1.92 bits per heavy atom. The number of ether oxygens (including phenoxy) is 1. The van der Waals surface area contributed by atoms with Gasteiger partial charge in [-0.1, -0.05) is 38.1 Å². The summed E-state index contributed by atoms with van der Waals surface area (Å²) in [5, 5.41) is 11.8. The second-order valence-electron chi connectivity index (χ2n) is 12.6. The summed E-state index contributed by atoms with van der Waals surface area (Å²) in [7, 11) is 0. The van der Waals surface area contributed by atoms with Crippen molar-refractivity contribution in [3.63, 3.8) is 0 Å². The van der Waals surface area contributed by atoms with E-state index in [-0.39, 0.29) is 48.3 Å². The third-order valence-electron chi connectivity index (χ3n) is 11.0. The highest BCUT2D eigenvalue weighted by molar-refractivity contribution is 6.01. The molecule has 4 aliphatic carbocycles. The van der Waals surface area contributed by atoms with E-state index in [0.717, 1.165) is 12.1 Å². The number of carbonyl (C=O) groups excluding carboxylic acids is 3. The Kier molecular flexibility index (Phi) is 5.77. The molecule has 3 saturated carbocycles. The number of Topliss-reactive ketones (excluding diaryl/α,β-unsaturated/α-hetero) is 1. The Hall–Kier alpha value is -2.80. The van der Waals surface area contributed by atoms with Crippen LogP contribution in [0.4, 0.5) is 10.1 Å². The number of allylic oxidation sites excluding steroid dienone is 4. The molecule has 1 aromatic rings. The van der Waals surface area contributed by atoms with Crippen LogP contribution in [-0.4, -0.2) is 54.6 Å². The van der Waals surface area contributed by atoms with Crippen LogP contribution in [0.1, 0.15) is 40.0 Å². The Labute approximate surface area is 222 Å². The van der Waals surface area contributed by atoms with Gasteiger partial charge >= 0.3 is 5.97 Å². The van der Waals surface area contributed by atoms with Crippen molar-refractivity contribution in [2.75, 3.05) is 24.6 Å². The highest BCUT2D eigenvalue weighted by Crippen LogP contribution is 2.72. The van der Waals surface area contributed by atoms with Crippen molar-refractivity contribution >= 4 is 23.2 Å². The van der Waals surface area contributed by atoms with E-state index in [9.17, 15) is 19.5 Å². The number of ketones is 2. The standard InChI is InChI=1S/C31H36FNO5/c1-18(34)38-16-27(37)31-17-33(20-7-5-4-6-8-20)15-19(31)11-23-22-13-25(32)24-12-21(35)9-10-29(24,2)28(22)26(36)14-30(23,31)3/h4-10,12,19,22-23,25-26,28,36H,11,13-17H2,1-3H3. The van der Waals surface area contributed by atoms with Gasteiger partial charge in [0, 0.05) is 37.0 Å². The monoisotopic (exact) mass is 521 g/mol. The number of aliphatic hydroxyl groups is 1. The van der Waals surface area contributed by atoms with Crippen LogP contribution < -0.4 is 4.90 Å². The average Bonchev–Trinajstić information content (AvgIpc) is 3.37. The zero-order valence-electron chi connectivity index (χ0n) is 22.2. The van der Waals surface area contributed by atoms with E-state index in [1.807, 2.05) is 37.3 Å². The minimum Gasteiger partial charge on any atom is -0.458 e. The molecule has 0 aromatic heterocycles. The van der Waals surface area contributed by atoms with Crippen molar-refractivity contribution in [1.29, 1.82) is 0 Å². The molecule has 1 saturated heterocycles. The number of benzene rings is 1. The van der Waals surface area contributed by atoms with Gasteiger partial charge in [-0.05, 0) is 72.3 Å². The summed E-state index contributed by atoms with van der Waals surface area (Å²) in [4.78, 5) is 40.2. The minimum absolute atomic E-state index is 0.00186. The second-order valence-corrected chi connectivity index (χ2v) is 12.6. The number of nitrogens with zero attached hydrogens (tertiary/aromatic N) is 1. The molecule has 0 bridgehead atoms. The van der Waals surface area contributed by atoms with Crippen LogP contribution in [0.3, 0.4) is 0 Å². The van der Waals surface area contributed by atoms with E-state index in [0.29, 0.717) is 25.1 Å². The molecule has 1 heterocycles. The molecule has 9 atom stereocenters. The number of fused-ring (bicyclic) bond motifs is 7. The van der Waals surface area contributed by atoms with Gasteiger partial charge in [0.15, 0.2) is 18.2 Å². The summed E-state index contributed by atoms with van der Waals surface area (Å²) >= 11 is 0. The van der Waals surface area contributed by atoms with Crippen LogP contribution in [0.25, 0.3) is 0 Å². The number of para-hydroxylation sites is 1. The lowest BCUT2D eigenvalue weighted by Crippen LogP contribution is -2.61. The molecule has 38 heavy (non-hydrogen) atoms. The number of anilines is 1. The molecule has 1 N–H and O–H groups in total. The topological polar surface area (TPSA) is 83.9 Å². The average molecular weight is 522 g/mol. The summed E-state index contributed by atoms with van der Waals surface area (Å²) in [6.45, 7) is 6.24. The number of esters is 1. The molecule has 7 heteroatoms. The molecule has 1 aromatic carbocycles. The molecule has 0 spiro atoms. The lowest BCUT2D eigenvalue weighted by Gasteiger charge is -2.60. The molecule has 202 valence electrons. The Bertz CT molecular complexity index is 1240. The molecule has 6 rings (SSSR count). The predicted octanol–water partition coefficient (Wildman–Crippen LogP) is 4.08. The summed E-state index contributed by atoms with van der Waals surface area (Å²) in [6.07, 6.45) is 4.11. The highest BCUT2D eigenvalue weighted by Gasteiger charge is 2.74. The Balaban J connectivity index is 1.42. The number of hydrogen-bond donors (Lipinski definition) is 1. The number of carbonyl (C=O) groups is 3. The van der Waals surface area contributed by atoms with Gasteiger partial charge in [0.25, 0.3) is 0 Å². The quantitative estimate of drug-likeness (QED) is 0.602. The van der Waals surface area contributed by atoms with Crippen molar-refractivity contribution in [2.45, 2.75) is 52.3 Å². The number of aliphatic hydroxyl groups excluding tert-OH is 1. The largest absolute Gasteiger partial charge is 0.458 e. The summed E-state index contributed by atoms with van der Waals surface area (Å²) in [5.74, 6) is -1.14. The Morgan fingerprint density at radius 3 is 2.63 bits per heavy atom. The third-order valence-corrected chi connectivity index (χ3v) is 11.0. The van der Waals surface area contributed by atoms with Crippen LogP contribution in [0.15, 0.2) is 54.1 Å². The van der Waals surface area contributed by atoms with Crippen LogP contribution >= 0.6 is 0 Å². The maximum Gasteiger partial charge on any atom is 0.303 e. The van der Waals surface area contributed by atoms with Crippen molar-refractivity contribution in [3.8, 4) is 0 Å². The maximum atomic E-state index is 15.8. The maximum absolute atomic E-state index is 15.8. The normalized spacial score (nSPS) is 43.0. The van der Waals surface area contributed by atoms with Gasteiger partial charge in [-0.15, -0.1) is 0 Å². The lowest BCUT2D eigenvalue weighted by molar-refractivity contribution is -0.164. The molecular weight excluding hydrogens is 485 g/mol. The van der Waals surface area contributed by atoms with E-state index in [4.69, 9.17) is 4.74 Å². The number of alkyl halides is 1. The van der Waals surface area contributed by atoms with Crippen molar-refractivity contribution in [1.82, 2.24) is 0 Å². The van der Waals surface area contributed by atoms with E-state index in [1.54, 1.807) is 6.08 Å². The highest BCUT2D eigenvalue weighted by atomic mass is 19.1. The zero-order chi connectivity index (χ0) is 27.0. The fourth-order valence-corrected chi connectivity index (χ4v) is 9.54. The van der Waals surface area contributed by atoms with Gasteiger partial charge in [-0.2, -0.15) is 0 Å². The first-order valence-electron chi connectivity index (χ1n) is 13.8.